The first kappa shape index (κ1) is 16.5. The van der Waals surface area contributed by atoms with Crippen molar-refractivity contribution in [1.29, 1.82) is 0 Å². The summed E-state index contributed by atoms with van der Waals surface area (Å²) in [6, 6.07) is 11.8. The normalized spacial score (nSPS) is 13.5. The van der Waals surface area contributed by atoms with Crippen LogP contribution in [-0.4, -0.2) is 37.7 Å². The summed E-state index contributed by atoms with van der Waals surface area (Å²) < 4.78 is 5.02. The molecule has 5 nitrogen and oxygen atoms in total. The molecule has 0 unspecified atom stereocenters. The lowest BCUT2D eigenvalue weighted by Crippen LogP contribution is -2.35. The average Bonchev–Trinajstić information content (AvgIpc) is 2.65. The molecule has 5 heteroatoms. The molecule has 126 valence electrons. The van der Waals surface area contributed by atoms with Crippen molar-refractivity contribution in [3.8, 4) is 0 Å². The van der Waals surface area contributed by atoms with Crippen molar-refractivity contribution in [2.24, 2.45) is 0 Å². The minimum Gasteiger partial charge on any atom is -0.385 e. The molecule has 1 aromatic heterocycles. The van der Waals surface area contributed by atoms with Crippen LogP contribution >= 0.6 is 0 Å². The number of fused-ring (bicyclic) bond motifs is 1. The van der Waals surface area contributed by atoms with Gasteiger partial charge in [0.1, 0.15) is 5.69 Å². The van der Waals surface area contributed by atoms with Crippen molar-refractivity contribution in [2.45, 2.75) is 19.3 Å². The lowest BCUT2D eigenvalue weighted by Gasteiger charge is -2.29. The molecule has 1 amide bonds. The van der Waals surface area contributed by atoms with E-state index in [2.05, 4.69) is 16.4 Å². The monoisotopic (exact) mass is 325 g/mol. The first-order valence-electron chi connectivity index (χ1n) is 8.38. The quantitative estimate of drug-likeness (QED) is 0.829. The van der Waals surface area contributed by atoms with Crippen LogP contribution in [0.3, 0.4) is 0 Å². The smallest absolute Gasteiger partial charge is 0.276 e. The number of carbonyl (C=O) groups is 1. The summed E-state index contributed by atoms with van der Waals surface area (Å²) >= 11 is 0. The van der Waals surface area contributed by atoms with Crippen molar-refractivity contribution in [1.82, 2.24) is 4.98 Å². The third kappa shape index (κ3) is 3.74. The third-order valence-electron chi connectivity index (χ3n) is 4.19. The Morgan fingerprint density at radius 1 is 1.29 bits per heavy atom. The van der Waals surface area contributed by atoms with Crippen LogP contribution in [0.2, 0.25) is 0 Å². The molecule has 1 aliphatic heterocycles. The summed E-state index contributed by atoms with van der Waals surface area (Å²) in [5.41, 5.74) is 3.64. The van der Waals surface area contributed by atoms with E-state index in [4.69, 9.17) is 4.74 Å². The highest BCUT2D eigenvalue weighted by Crippen LogP contribution is 2.27. The number of pyridine rings is 1. The predicted molar refractivity (Wildman–Crippen MR) is 95.7 cm³/mol. The van der Waals surface area contributed by atoms with Gasteiger partial charge in [-0.25, -0.2) is 4.98 Å². The van der Waals surface area contributed by atoms with Gasteiger partial charge in [0.15, 0.2) is 0 Å². The van der Waals surface area contributed by atoms with E-state index in [1.165, 1.54) is 5.56 Å². The van der Waals surface area contributed by atoms with Crippen molar-refractivity contribution in [3.63, 3.8) is 0 Å². The second-order valence-corrected chi connectivity index (χ2v) is 5.89. The Hall–Kier alpha value is -2.40. The molecule has 0 bridgehead atoms. The van der Waals surface area contributed by atoms with Crippen LogP contribution < -0.4 is 10.2 Å². The fraction of sp³-hybridized carbons (Fsp3) is 0.368. The molecule has 3 rings (SSSR count). The predicted octanol–water partition coefficient (Wildman–Crippen LogP) is 3.12. The van der Waals surface area contributed by atoms with E-state index >= 15 is 0 Å². The zero-order valence-electron chi connectivity index (χ0n) is 14.0. The number of nitrogens with one attached hydrogen (secondary N) is 1. The van der Waals surface area contributed by atoms with E-state index in [-0.39, 0.29) is 5.91 Å². The Labute approximate surface area is 142 Å². The summed E-state index contributed by atoms with van der Waals surface area (Å²) in [6.45, 7) is 2.29. The molecular weight excluding hydrogens is 302 g/mol. The maximum atomic E-state index is 12.8. The van der Waals surface area contributed by atoms with E-state index in [1.807, 2.05) is 29.2 Å². The zero-order valence-corrected chi connectivity index (χ0v) is 14.0. The SMILES string of the molecule is COCCCNc1ccc(C(=O)N2CCCc3ccccc32)nc1. The van der Waals surface area contributed by atoms with Gasteiger partial charge in [-0.1, -0.05) is 18.2 Å². The number of hydrogen-bond donors (Lipinski definition) is 1. The fourth-order valence-corrected chi connectivity index (χ4v) is 2.96. The van der Waals surface area contributed by atoms with Crippen molar-refractivity contribution in [2.75, 3.05) is 37.0 Å². The minimum absolute atomic E-state index is 0.0342. The Kier molecular flexibility index (Phi) is 5.43. The van der Waals surface area contributed by atoms with Gasteiger partial charge in [0, 0.05) is 32.5 Å². The Balaban J connectivity index is 1.68. The number of rotatable bonds is 6. The van der Waals surface area contributed by atoms with E-state index in [0.29, 0.717) is 5.69 Å². The largest absolute Gasteiger partial charge is 0.385 e. The number of hydrogen-bond acceptors (Lipinski definition) is 4. The minimum atomic E-state index is -0.0342. The molecule has 0 spiro atoms. The van der Waals surface area contributed by atoms with Gasteiger partial charge in [-0.05, 0) is 43.0 Å². The number of anilines is 2. The van der Waals surface area contributed by atoms with Gasteiger partial charge < -0.3 is 15.0 Å². The van der Waals surface area contributed by atoms with E-state index in [1.54, 1.807) is 19.4 Å². The number of amides is 1. The second-order valence-electron chi connectivity index (χ2n) is 5.89. The molecule has 0 fully saturated rings. The van der Waals surface area contributed by atoms with Crippen LogP contribution in [0.25, 0.3) is 0 Å². The van der Waals surface area contributed by atoms with Crippen LogP contribution in [0.1, 0.15) is 28.9 Å². The lowest BCUT2D eigenvalue weighted by molar-refractivity contribution is 0.0980. The molecular formula is C19H23N3O2. The summed E-state index contributed by atoms with van der Waals surface area (Å²) in [5, 5.41) is 3.27. The molecule has 0 radical (unpaired) electrons. The van der Waals surface area contributed by atoms with Gasteiger partial charge in [0.05, 0.1) is 11.9 Å². The lowest BCUT2D eigenvalue weighted by atomic mass is 10.0. The van der Waals surface area contributed by atoms with Crippen LogP contribution in [0, 0.1) is 0 Å². The molecule has 0 saturated carbocycles. The average molecular weight is 325 g/mol. The highest BCUT2D eigenvalue weighted by Gasteiger charge is 2.23. The summed E-state index contributed by atoms with van der Waals surface area (Å²) in [7, 11) is 1.70. The van der Waals surface area contributed by atoms with Gasteiger partial charge in [0.2, 0.25) is 0 Å². The molecule has 1 N–H and O–H groups in total. The maximum Gasteiger partial charge on any atom is 0.276 e. The third-order valence-corrected chi connectivity index (χ3v) is 4.19. The maximum absolute atomic E-state index is 12.8. The Bertz CT molecular complexity index is 685. The van der Waals surface area contributed by atoms with Crippen LogP contribution in [0.15, 0.2) is 42.6 Å². The summed E-state index contributed by atoms with van der Waals surface area (Å²) in [4.78, 5) is 19.0. The highest BCUT2D eigenvalue weighted by atomic mass is 16.5. The number of methoxy groups -OCH3 is 1. The Morgan fingerprint density at radius 3 is 2.96 bits per heavy atom. The fourth-order valence-electron chi connectivity index (χ4n) is 2.96. The number of ether oxygens (including phenoxy) is 1. The molecule has 2 heterocycles. The van der Waals surface area contributed by atoms with E-state index < -0.39 is 0 Å². The first-order valence-corrected chi connectivity index (χ1v) is 8.38. The highest BCUT2D eigenvalue weighted by molar-refractivity contribution is 6.05. The van der Waals surface area contributed by atoms with Crippen molar-refractivity contribution in [3.05, 3.63) is 53.9 Å². The molecule has 1 aromatic carbocycles. The standard InChI is InChI=1S/C19H23N3O2/c1-24-13-5-11-20-16-9-10-17(21-14-16)19(23)22-12-4-7-15-6-2-3-8-18(15)22/h2-3,6,8-10,14,20H,4-5,7,11-13H2,1H3. The molecule has 0 saturated heterocycles. The number of carbonyl (C=O) groups excluding carboxylic acids is 1. The van der Waals surface area contributed by atoms with Gasteiger partial charge in [-0.15, -0.1) is 0 Å². The molecule has 0 aliphatic carbocycles. The summed E-state index contributed by atoms with van der Waals surface area (Å²) in [6.07, 6.45) is 4.66. The first-order chi connectivity index (χ1) is 11.8. The summed E-state index contributed by atoms with van der Waals surface area (Å²) in [5.74, 6) is -0.0342. The van der Waals surface area contributed by atoms with Crippen molar-refractivity contribution >= 4 is 17.3 Å². The zero-order chi connectivity index (χ0) is 16.8. The Morgan fingerprint density at radius 2 is 2.17 bits per heavy atom. The van der Waals surface area contributed by atoms with Gasteiger partial charge in [-0.2, -0.15) is 0 Å². The second kappa shape index (κ2) is 7.93. The topological polar surface area (TPSA) is 54.5 Å². The van der Waals surface area contributed by atoms with Crippen LogP contribution in [-0.2, 0) is 11.2 Å². The van der Waals surface area contributed by atoms with E-state index in [0.717, 1.165) is 50.3 Å². The molecule has 0 atom stereocenters. The number of benzene rings is 1. The van der Waals surface area contributed by atoms with Crippen molar-refractivity contribution < 1.29 is 9.53 Å². The number of nitrogens with zero attached hydrogens (tertiary/aromatic N) is 2. The van der Waals surface area contributed by atoms with Crippen LogP contribution in [0.4, 0.5) is 11.4 Å². The number of para-hydroxylation sites is 1. The number of aryl methyl sites for hydroxylation is 1. The molecule has 1 aliphatic rings. The molecule has 2 aromatic rings. The number of aromatic nitrogens is 1. The van der Waals surface area contributed by atoms with Crippen LogP contribution in [0.5, 0.6) is 0 Å². The van der Waals surface area contributed by atoms with Gasteiger partial charge in [-0.3, -0.25) is 4.79 Å². The molecule has 24 heavy (non-hydrogen) atoms. The van der Waals surface area contributed by atoms with Gasteiger partial charge in [0.25, 0.3) is 5.91 Å². The van der Waals surface area contributed by atoms with E-state index in [9.17, 15) is 4.79 Å². The van der Waals surface area contributed by atoms with Gasteiger partial charge >= 0.3 is 0 Å².